The van der Waals surface area contributed by atoms with Crippen molar-refractivity contribution >= 4 is 40.1 Å². The molecule has 152 valence electrons. The minimum atomic E-state index is -0.297. The van der Waals surface area contributed by atoms with E-state index in [1.165, 1.54) is 19.9 Å². The molecule has 4 rings (SSSR count). The monoisotopic (exact) mass is 414 g/mol. The van der Waals surface area contributed by atoms with Crippen LogP contribution in [-0.2, 0) is 0 Å². The van der Waals surface area contributed by atoms with Crippen LogP contribution in [0.25, 0.3) is 11.1 Å². The molecule has 2 aromatic heterocycles. The lowest BCUT2D eigenvalue weighted by Gasteiger charge is -2.28. The number of hydrogen-bond donors (Lipinski definition) is 1. The number of hydrogen-bond acceptors (Lipinski definition) is 6. The zero-order valence-corrected chi connectivity index (χ0v) is 17.5. The van der Waals surface area contributed by atoms with Gasteiger partial charge in [0.1, 0.15) is 23.7 Å². The maximum atomic E-state index is 13.3. The van der Waals surface area contributed by atoms with Gasteiger partial charge in [-0.05, 0) is 44.7 Å². The molecule has 1 aromatic carbocycles. The average Bonchev–Trinajstić information content (AvgIpc) is 3.07. The van der Waals surface area contributed by atoms with Crippen LogP contribution in [0.4, 0.5) is 11.5 Å². The number of aryl methyl sites for hydroxylation is 2. The number of piperidine rings is 1. The lowest BCUT2D eigenvalue weighted by Crippen LogP contribution is -2.30. The second kappa shape index (κ2) is 7.91. The van der Waals surface area contributed by atoms with Crippen LogP contribution in [0, 0.1) is 13.8 Å². The van der Waals surface area contributed by atoms with Gasteiger partial charge in [-0.2, -0.15) is 0 Å². The zero-order valence-electron chi connectivity index (χ0n) is 16.7. The number of benzene rings is 1. The van der Waals surface area contributed by atoms with Crippen molar-refractivity contribution in [3.8, 4) is 5.75 Å². The zero-order chi connectivity index (χ0) is 20.5. The Balaban J connectivity index is 1.77. The van der Waals surface area contributed by atoms with Gasteiger partial charge in [0.25, 0.3) is 5.91 Å². The van der Waals surface area contributed by atoms with E-state index in [0.29, 0.717) is 38.9 Å². The molecular weight excluding hydrogens is 392 g/mol. The van der Waals surface area contributed by atoms with Gasteiger partial charge in [0.2, 0.25) is 5.71 Å². The van der Waals surface area contributed by atoms with Crippen LogP contribution in [0.15, 0.2) is 22.9 Å². The molecule has 1 amide bonds. The van der Waals surface area contributed by atoms with Crippen molar-refractivity contribution in [1.29, 1.82) is 0 Å². The number of carbonyl (C=O) groups excluding carboxylic acids is 1. The fourth-order valence-corrected chi connectivity index (χ4v) is 3.92. The number of halogens is 1. The SMILES string of the molecule is COc1cc(Cl)c(C)cc1NC(=O)c1c(C)oc2ncnc(N3CCCCC3)c12. The van der Waals surface area contributed by atoms with Crippen LogP contribution in [0.5, 0.6) is 5.75 Å². The summed E-state index contributed by atoms with van der Waals surface area (Å²) in [6, 6.07) is 3.48. The second-order valence-corrected chi connectivity index (χ2v) is 7.62. The average molecular weight is 415 g/mol. The Morgan fingerprint density at radius 2 is 1.97 bits per heavy atom. The molecule has 1 aliphatic rings. The number of ether oxygens (including phenoxy) is 1. The summed E-state index contributed by atoms with van der Waals surface area (Å²) in [5.74, 6) is 1.44. The van der Waals surface area contributed by atoms with E-state index in [-0.39, 0.29) is 5.91 Å². The molecule has 29 heavy (non-hydrogen) atoms. The topological polar surface area (TPSA) is 80.5 Å². The molecule has 0 radical (unpaired) electrons. The highest BCUT2D eigenvalue weighted by atomic mass is 35.5. The number of rotatable bonds is 4. The van der Waals surface area contributed by atoms with E-state index in [0.717, 1.165) is 37.3 Å². The van der Waals surface area contributed by atoms with Crippen molar-refractivity contribution in [1.82, 2.24) is 9.97 Å². The molecule has 0 atom stereocenters. The number of furan rings is 1. The van der Waals surface area contributed by atoms with Crippen molar-refractivity contribution in [2.24, 2.45) is 0 Å². The minimum absolute atomic E-state index is 0.297. The molecule has 1 saturated heterocycles. The van der Waals surface area contributed by atoms with Crippen LogP contribution in [0.2, 0.25) is 5.02 Å². The predicted molar refractivity (Wildman–Crippen MR) is 113 cm³/mol. The molecule has 3 aromatic rings. The molecule has 0 saturated carbocycles. The maximum absolute atomic E-state index is 13.3. The minimum Gasteiger partial charge on any atom is -0.495 e. The number of anilines is 2. The Labute approximate surface area is 174 Å². The standard InChI is InChI=1S/C21H23ClN4O3/c1-12-9-15(16(28-3)10-14(12)22)25-20(27)17-13(2)29-21-18(17)19(23-11-24-21)26-7-5-4-6-8-26/h9-11H,4-8H2,1-3H3,(H,25,27). The highest BCUT2D eigenvalue weighted by Gasteiger charge is 2.26. The van der Waals surface area contributed by atoms with Crippen molar-refractivity contribution in [2.75, 3.05) is 30.4 Å². The Hall–Kier alpha value is -2.80. The van der Waals surface area contributed by atoms with Gasteiger partial charge in [-0.1, -0.05) is 11.6 Å². The van der Waals surface area contributed by atoms with Gasteiger partial charge in [-0.3, -0.25) is 4.79 Å². The van der Waals surface area contributed by atoms with Gasteiger partial charge in [0, 0.05) is 24.2 Å². The third-order valence-corrected chi connectivity index (χ3v) is 5.66. The van der Waals surface area contributed by atoms with Crippen LogP contribution >= 0.6 is 11.6 Å². The first-order valence-corrected chi connectivity index (χ1v) is 10.0. The fourth-order valence-electron chi connectivity index (χ4n) is 3.76. The third-order valence-electron chi connectivity index (χ3n) is 5.26. The van der Waals surface area contributed by atoms with Gasteiger partial charge in [-0.15, -0.1) is 0 Å². The van der Waals surface area contributed by atoms with E-state index < -0.39 is 0 Å². The molecule has 0 unspecified atom stereocenters. The third kappa shape index (κ3) is 3.62. The van der Waals surface area contributed by atoms with E-state index in [1.807, 2.05) is 6.92 Å². The van der Waals surface area contributed by atoms with Crippen LogP contribution in [-0.4, -0.2) is 36.1 Å². The maximum Gasteiger partial charge on any atom is 0.260 e. The van der Waals surface area contributed by atoms with E-state index in [2.05, 4.69) is 20.2 Å². The number of carbonyl (C=O) groups is 1. The smallest absolute Gasteiger partial charge is 0.260 e. The fraction of sp³-hybridized carbons (Fsp3) is 0.381. The second-order valence-electron chi connectivity index (χ2n) is 7.21. The Morgan fingerprint density at radius 3 is 2.69 bits per heavy atom. The number of fused-ring (bicyclic) bond motifs is 1. The summed E-state index contributed by atoms with van der Waals surface area (Å²) in [6.07, 6.45) is 4.90. The van der Waals surface area contributed by atoms with Crippen LogP contribution in [0.1, 0.15) is 40.9 Å². The number of nitrogens with one attached hydrogen (secondary N) is 1. The summed E-state index contributed by atoms with van der Waals surface area (Å²) in [5.41, 5.74) is 2.25. The van der Waals surface area contributed by atoms with Gasteiger partial charge >= 0.3 is 0 Å². The van der Waals surface area contributed by atoms with Gasteiger partial charge in [0.15, 0.2) is 0 Å². The molecule has 0 bridgehead atoms. The number of nitrogens with zero attached hydrogens (tertiary/aromatic N) is 3. The summed E-state index contributed by atoms with van der Waals surface area (Å²) >= 11 is 6.18. The van der Waals surface area contributed by atoms with E-state index in [4.69, 9.17) is 20.8 Å². The lowest BCUT2D eigenvalue weighted by molar-refractivity contribution is 0.102. The van der Waals surface area contributed by atoms with Gasteiger partial charge in [-0.25, -0.2) is 9.97 Å². The lowest BCUT2D eigenvalue weighted by atomic mass is 10.1. The predicted octanol–water partition coefficient (Wildman–Crippen LogP) is 4.74. The molecular formula is C21H23ClN4O3. The Bertz CT molecular complexity index is 1070. The van der Waals surface area contributed by atoms with Gasteiger partial charge < -0.3 is 19.4 Å². The molecule has 1 N–H and O–H groups in total. The van der Waals surface area contributed by atoms with E-state index >= 15 is 0 Å². The Kier molecular flexibility index (Phi) is 5.32. The van der Waals surface area contributed by atoms with Crippen molar-refractivity contribution in [3.63, 3.8) is 0 Å². The first-order valence-electron chi connectivity index (χ1n) is 9.64. The molecule has 0 aliphatic carbocycles. The van der Waals surface area contributed by atoms with E-state index in [9.17, 15) is 4.79 Å². The highest BCUT2D eigenvalue weighted by molar-refractivity contribution is 6.31. The summed E-state index contributed by atoms with van der Waals surface area (Å²) in [4.78, 5) is 24.2. The van der Waals surface area contributed by atoms with Crippen LogP contribution in [0.3, 0.4) is 0 Å². The highest BCUT2D eigenvalue weighted by Crippen LogP contribution is 2.35. The first-order chi connectivity index (χ1) is 14.0. The molecule has 0 spiro atoms. The normalized spacial score (nSPS) is 14.3. The number of methoxy groups -OCH3 is 1. The van der Waals surface area contributed by atoms with Crippen molar-refractivity contribution in [3.05, 3.63) is 40.4 Å². The summed E-state index contributed by atoms with van der Waals surface area (Å²) < 4.78 is 11.2. The molecule has 3 heterocycles. The van der Waals surface area contributed by atoms with Crippen molar-refractivity contribution < 1.29 is 13.9 Å². The van der Waals surface area contributed by atoms with E-state index in [1.54, 1.807) is 19.1 Å². The quantitative estimate of drug-likeness (QED) is 0.663. The summed E-state index contributed by atoms with van der Waals surface area (Å²) in [7, 11) is 1.54. The van der Waals surface area contributed by atoms with Gasteiger partial charge in [0.05, 0.1) is 23.7 Å². The molecule has 1 fully saturated rings. The molecule has 7 nitrogen and oxygen atoms in total. The summed E-state index contributed by atoms with van der Waals surface area (Å²) in [5, 5.41) is 4.16. The first kappa shape index (κ1) is 19.5. The summed E-state index contributed by atoms with van der Waals surface area (Å²) in [6.45, 7) is 5.45. The largest absolute Gasteiger partial charge is 0.495 e. The number of aromatic nitrogens is 2. The molecule has 8 heteroatoms. The number of amides is 1. The molecule has 1 aliphatic heterocycles. The van der Waals surface area contributed by atoms with Crippen LogP contribution < -0.4 is 15.0 Å². The Morgan fingerprint density at radius 1 is 1.21 bits per heavy atom. The van der Waals surface area contributed by atoms with Crippen molar-refractivity contribution in [2.45, 2.75) is 33.1 Å².